The molecule has 22 heavy (non-hydrogen) atoms. The van der Waals surface area contributed by atoms with Gasteiger partial charge in [0.1, 0.15) is 5.75 Å². The highest BCUT2D eigenvalue weighted by atomic mass is 28.4. The number of nitro benzene ring substituents is 1. The summed E-state index contributed by atoms with van der Waals surface area (Å²) in [5, 5.41) is 10.8. The Hall–Kier alpha value is -1.40. The molecule has 5 nitrogen and oxygen atoms in total. The van der Waals surface area contributed by atoms with Crippen LogP contribution in [0.3, 0.4) is 0 Å². The molecule has 0 N–H and O–H groups in total. The monoisotopic (exact) mass is 325 g/mol. The molecule has 0 saturated carbocycles. The summed E-state index contributed by atoms with van der Waals surface area (Å²) in [5.41, 5.74) is 0.0788. The van der Waals surface area contributed by atoms with E-state index in [2.05, 4.69) is 33.9 Å². The first-order valence-electron chi connectivity index (χ1n) is 7.65. The van der Waals surface area contributed by atoms with Crippen molar-refractivity contribution < 1.29 is 14.1 Å². The van der Waals surface area contributed by atoms with Crippen LogP contribution in [0.15, 0.2) is 24.3 Å². The maximum Gasteiger partial charge on any atom is 0.269 e. The third-order valence-corrected chi connectivity index (χ3v) is 8.66. The lowest BCUT2D eigenvalue weighted by atomic mass is 10.2. The smallest absolute Gasteiger partial charge is 0.269 e. The second kappa shape index (κ2) is 7.74. The topological polar surface area (TPSA) is 61.6 Å². The van der Waals surface area contributed by atoms with Crippen LogP contribution < -0.4 is 4.74 Å². The zero-order chi connectivity index (χ0) is 16.8. The van der Waals surface area contributed by atoms with Crippen LogP contribution in [0.5, 0.6) is 5.75 Å². The molecule has 0 spiro atoms. The zero-order valence-electron chi connectivity index (χ0n) is 14.2. The number of benzene rings is 1. The normalized spacial score (nSPS) is 12.2. The molecule has 1 aromatic carbocycles. The van der Waals surface area contributed by atoms with E-state index in [1.165, 1.54) is 12.1 Å². The number of nitro groups is 1. The van der Waals surface area contributed by atoms with Gasteiger partial charge in [-0.15, -0.1) is 0 Å². The fourth-order valence-electron chi connectivity index (χ4n) is 1.60. The highest BCUT2D eigenvalue weighted by molar-refractivity contribution is 6.74. The maximum absolute atomic E-state index is 10.6. The minimum absolute atomic E-state index is 0.0788. The fourth-order valence-corrected chi connectivity index (χ4v) is 2.69. The second-order valence-corrected chi connectivity index (χ2v) is 11.7. The highest BCUT2D eigenvalue weighted by Gasteiger charge is 2.36. The third-order valence-electron chi connectivity index (χ3n) is 4.12. The number of non-ortho nitro benzene ring substituents is 1. The Morgan fingerprint density at radius 3 is 2.14 bits per heavy atom. The van der Waals surface area contributed by atoms with Gasteiger partial charge < -0.3 is 9.16 Å². The fraction of sp³-hybridized carbons (Fsp3) is 0.625. The number of nitrogens with zero attached hydrogens (tertiary/aromatic N) is 1. The van der Waals surface area contributed by atoms with Gasteiger partial charge in [-0.05, 0) is 43.1 Å². The molecule has 0 bridgehead atoms. The highest BCUT2D eigenvalue weighted by Crippen LogP contribution is 2.36. The van der Waals surface area contributed by atoms with Crippen LogP contribution in [0.25, 0.3) is 0 Å². The summed E-state index contributed by atoms with van der Waals surface area (Å²) >= 11 is 0. The van der Waals surface area contributed by atoms with Crippen LogP contribution in [0.4, 0.5) is 5.69 Å². The van der Waals surface area contributed by atoms with Crippen molar-refractivity contribution in [1.82, 2.24) is 0 Å². The standard InChI is InChI=1S/C16H27NO4Si/c1-16(2,3)22(4,5)21-13-7-6-12-20-15-10-8-14(9-11-15)17(18)19/h8-11H,6-7,12-13H2,1-5H3. The number of hydrogen-bond donors (Lipinski definition) is 0. The van der Waals surface area contributed by atoms with Crippen molar-refractivity contribution in [1.29, 1.82) is 0 Å². The summed E-state index contributed by atoms with van der Waals surface area (Å²) in [7, 11) is -1.65. The van der Waals surface area contributed by atoms with Gasteiger partial charge in [0.2, 0.25) is 0 Å². The molecule has 0 fully saturated rings. The van der Waals surface area contributed by atoms with Gasteiger partial charge in [-0.25, -0.2) is 0 Å². The van der Waals surface area contributed by atoms with Crippen LogP contribution in [-0.2, 0) is 4.43 Å². The molecule has 124 valence electrons. The maximum atomic E-state index is 10.6. The molecule has 0 aliphatic carbocycles. The second-order valence-electron chi connectivity index (χ2n) is 6.92. The lowest BCUT2D eigenvalue weighted by molar-refractivity contribution is -0.384. The first-order chi connectivity index (χ1) is 10.1. The molecule has 0 heterocycles. The molecule has 1 rings (SSSR count). The van der Waals surface area contributed by atoms with Crippen molar-refractivity contribution in [3.05, 3.63) is 34.4 Å². The predicted octanol–water partition coefficient (Wildman–Crippen LogP) is 4.78. The number of rotatable bonds is 8. The summed E-state index contributed by atoms with van der Waals surface area (Å²) in [6.45, 7) is 12.6. The van der Waals surface area contributed by atoms with Crippen molar-refractivity contribution in [2.75, 3.05) is 13.2 Å². The molecule has 0 aromatic heterocycles. The minimum Gasteiger partial charge on any atom is -0.494 e. The first kappa shape index (κ1) is 18.6. The summed E-state index contributed by atoms with van der Waals surface area (Å²) in [6, 6.07) is 6.17. The Bertz CT molecular complexity index is 480. The van der Waals surface area contributed by atoms with Crippen molar-refractivity contribution in [3.8, 4) is 5.75 Å². The molecular formula is C16H27NO4Si. The zero-order valence-corrected chi connectivity index (χ0v) is 15.2. The third kappa shape index (κ3) is 5.77. The van der Waals surface area contributed by atoms with Gasteiger partial charge in [-0.2, -0.15) is 0 Å². The Kier molecular flexibility index (Phi) is 6.56. The summed E-state index contributed by atoms with van der Waals surface area (Å²) < 4.78 is 11.7. The van der Waals surface area contributed by atoms with Gasteiger partial charge in [-0.3, -0.25) is 10.1 Å². The lowest BCUT2D eigenvalue weighted by Gasteiger charge is -2.36. The number of ether oxygens (including phenoxy) is 1. The van der Waals surface area contributed by atoms with Gasteiger partial charge in [0.05, 0.1) is 11.5 Å². The molecule has 0 saturated heterocycles. The van der Waals surface area contributed by atoms with Gasteiger partial charge in [0, 0.05) is 18.7 Å². The van der Waals surface area contributed by atoms with E-state index in [9.17, 15) is 10.1 Å². The van der Waals surface area contributed by atoms with E-state index in [0.717, 1.165) is 19.4 Å². The van der Waals surface area contributed by atoms with Crippen LogP contribution in [0.2, 0.25) is 18.1 Å². The molecule has 0 atom stereocenters. The summed E-state index contributed by atoms with van der Waals surface area (Å²) in [5.74, 6) is 0.663. The Morgan fingerprint density at radius 1 is 1.09 bits per heavy atom. The SMILES string of the molecule is CC(C)(C)[Si](C)(C)OCCCCOc1ccc([N+](=O)[O-])cc1. The van der Waals surface area contributed by atoms with Crippen molar-refractivity contribution in [2.24, 2.45) is 0 Å². The van der Waals surface area contributed by atoms with Crippen LogP contribution in [0.1, 0.15) is 33.6 Å². The average Bonchev–Trinajstić information content (AvgIpc) is 2.41. The molecule has 0 radical (unpaired) electrons. The molecule has 6 heteroatoms. The van der Waals surface area contributed by atoms with Gasteiger partial charge in [-0.1, -0.05) is 20.8 Å². The molecule has 0 amide bonds. The van der Waals surface area contributed by atoms with E-state index < -0.39 is 13.2 Å². The summed E-state index contributed by atoms with van der Waals surface area (Å²) in [4.78, 5) is 10.1. The molecule has 0 aliphatic rings. The average molecular weight is 325 g/mol. The predicted molar refractivity (Wildman–Crippen MR) is 91.0 cm³/mol. The first-order valence-corrected chi connectivity index (χ1v) is 10.6. The van der Waals surface area contributed by atoms with E-state index in [-0.39, 0.29) is 10.7 Å². The van der Waals surface area contributed by atoms with Crippen molar-refractivity contribution in [3.63, 3.8) is 0 Å². The largest absolute Gasteiger partial charge is 0.494 e. The van der Waals surface area contributed by atoms with Gasteiger partial charge in [0.25, 0.3) is 5.69 Å². The molecule has 0 unspecified atom stereocenters. The lowest BCUT2D eigenvalue weighted by Crippen LogP contribution is -2.41. The quantitative estimate of drug-likeness (QED) is 0.299. The molecule has 0 aliphatic heterocycles. The van der Waals surface area contributed by atoms with Crippen molar-refractivity contribution >= 4 is 14.0 Å². The molecular weight excluding hydrogens is 298 g/mol. The van der Waals surface area contributed by atoms with E-state index >= 15 is 0 Å². The van der Waals surface area contributed by atoms with Crippen molar-refractivity contribution in [2.45, 2.75) is 51.7 Å². The minimum atomic E-state index is -1.65. The number of hydrogen-bond acceptors (Lipinski definition) is 4. The summed E-state index contributed by atoms with van der Waals surface area (Å²) in [6.07, 6.45) is 1.87. The molecule has 1 aromatic rings. The van der Waals surface area contributed by atoms with Crippen LogP contribution in [0, 0.1) is 10.1 Å². The Balaban J connectivity index is 2.22. The van der Waals surface area contributed by atoms with E-state index in [4.69, 9.17) is 9.16 Å². The van der Waals surface area contributed by atoms with Crippen LogP contribution in [-0.4, -0.2) is 26.5 Å². The van der Waals surface area contributed by atoms with Gasteiger partial charge >= 0.3 is 0 Å². The van der Waals surface area contributed by atoms with E-state index in [1.807, 2.05) is 0 Å². The van der Waals surface area contributed by atoms with E-state index in [1.54, 1.807) is 12.1 Å². The van der Waals surface area contributed by atoms with Gasteiger partial charge in [0.15, 0.2) is 8.32 Å². The Labute approximate surface area is 133 Å². The van der Waals surface area contributed by atoms with Crippen LogP contribution >= 0.6 is 0 Å². The Morgan fingerprint density at radius 2 is 1.64 bits per heavy atom. The van der Waals surface area contributed by atoms with E-state index in [0.29, 0.717) is 12.4 Å². The number of unbranched alkanes of at least 4 members (excludes halogenated alkanes) is 1.